The fraction of sp³-hybridized carbons (Fsp3) is 0.550. The van der Waals surface area contributed by atoms with Gasteiger partial charge in [0.1, 0.15) is 54.6 Å². The number of aliphatic hydroxyl groups is 9. The Morgan fingerprint density at radius 1 is 1.09 bits per heavy atom. The molecule has 2 heterocycles. The Morgan fingerprint density at radius 2 is 1.74 bits per heavy atom. The highest BCUT2D eigenvalue weighted by molar-refractivity contribution is 9.10. The summed E-state index contributed by atoms with van der Waals surface area (Å²) in [6, 6.07) is 3.57. The Morgan fingerprint density at radius 3 is 2.31 bits per heavy atom. The highest BCUT2D eigenvalue weighted by atomic mass is 79.9. The third-order valence-electron chi connectivity index (χ3n) is 5.21. The lowest BCUT2D eigenvalue weighted by atomic mass is 9.99. The lowest BCUT2D eigenvalue weighted by Gasteiger charge is -2.39. The summed E-state index contributed by atoms with van der Waals surface area (Å²) in [6.45, 7) is -1.28. The van der Waals surface area contributed by atoms with E-state index in [4.69, 9.17) is 46.6 Å². The van der Waals surface area contributed by atoms with E-state index in [2.05, 4.69) is 20.9 Å². The number of rotatable bonds is 8. The van der Waals surface area contributed by atoms with E-state index in [0.29, 0.717) is 20.6 Å². The molecular formula is C20H27BrClNO12. The van der Waals surface area contributed by atoms with Crippen LogP contribution in [0.1, 0.15) is 0 Å². The molecule has 1 fully saturated rings. The van der Waals surface area contributed by atoms with Crippen molar-refractivity contribution >= 4 is 44.7 Å². The van der Waals surface area contributed by atoms with Crippen molar-refractivity contribution in [2.75, 3.05) is 13.2 Å². The van der Waals surface area contributed by atoms with Crippen molar-refractivity contribution in [3.8, 4) is 5.75 Å². The van der Waals surface area contributed by atoms with Crippen LogP contribution in [-0.4, -0.2) is 126 Å². The summed E-state index contributed by atoms with van der Waals surface area (Å²) in [4.78, 5) is 12.9. The fourth-order valence-electron chi connectivity index (χ4n) is 3.13. The van der Waals surface area contributed by atoms with Gasteiger partial charge < -0.3 is 65.2 Å². The molecule has 0 amide bonds. The van der Waals surface area contributed by atoms with Gasteiger partial charge in [0.25, 0.3) is 0 Å². The van der Waals surface area contributed by atoms with Crippen LogP contribution in [0.3, 0.4) is 0 Å². The minimum Gasteiger partial charge on any atom is -0.460 e. The monoisotopic (exact) mass is 587 g/mol. The number of aliphatic hydroxyl groups excluding tert-OH is 9. The first-order valence-electron chi connectivity index (χ1n) is 10.2. The molecule has 0 aliphatic carbocycles. The van der Waals surface area contributed by atoms with Crippen molar-refractivity contribution in [3.05, 3.63) is 27.8 Å². The SMILES string of the molecule is O=C[C@H](O)[C@@H](O)[C@H](O)[C@H](O)CO.OC[C@H]1O[C@@H](Oc2c[nH]c3ccc(Br)c(Cl)c23)[C@H](O)[C@@H](O)[C@H]1O. The molecule has 9 atom stereocenters. The number of hydrogen-bond donors (Lipinski definition) is 10. The lowest BCUT2D eigenvalue weighted by Crippen LogP contribution is -2.60. The first kappa shape index (κ1) is 29.8. The fourth-order valence-corrected chi connectivity index (χ4v) is 3.72. The normalized spacial score (nSPS) is 27.9. The van der Waals surface area contributed by atoms with E-state index in [0.717, 1.165) is 5.52 Å². The molecule has 1 aliphatic rings. The van der Waals surface area contributed by atoms with Gasteiger partial charge in [-0.2, -0.15) is 0 Å². The molecular weight excluding hydrogens is 562 g/mol. The number of ether oxygens (including phenoxy) is 2. The lowest BCUT2D eigenvalue weighted by molar-refractivity contribution is -0.277. The van der Waals surface area contributed by atoms with Crippen LogP contribution in [0.25, 0.3) is 10.9 Å². The molecule has 0 saturated carbocycles. The molecule has 2 aromatic rings. The Hall–Kier alpha value is -1.40. The summed E-state index contributed by atoms with van der Waals surface area (Å²) < 4.78 is 11.6. The third-order valence-corrected chi connectivity index (χ3v) is 6.49. The average Bonchev–Trinajstić information content (AvgIpc) is 3.28. The first-order valence-corrected chi connectivity index (χ1v) is 11.4. The van der Waals surface area contributed by atoms with Gasteiger partial charge in [-0.3, -0.25) is 0 Å². The molecule has 198 valence electrons. The largest absolute Gasteiger partial charge is 0.460 e. The maximum Gasteiger partial charge on any atom is 0.229 e. The quantitative estimate of drug-likeness (QED) is 0.143. The molecule has 1 aliphatic heterocycles. The predicted octanol–water partition coefficient (Wildman–Crippen LogP) is -2.62. The second-order valence-electron chi connectivity index (χ2n) is 7.61. The number of aldehydes is 1. The van der Waals surface area contributed by atoms with Crippen LogP contribution in [0.5, 0.6) is 5.75 Å². The molecule has 1 saturated heterocycles. The Labute approximate surface area is 211 Å². The standard InChI is InChI=1S/C14H15BrClNO6.C6H12O6/c15-5-1-2-6-9(10(5)16)7(3-17-6)22-14-13(21)12(20)11(19)8(4-18)23-14;7-1-3(9)5(11)6(12)4(10)2-8/h1-3,8,11-14,17-21H,4H2;1,3-6,8-12H,2H2/t8-,11+,12+,13-,14-;3-,4+,5+,6+/m10/s1. The number of aromatic amines is 1. The highest BCUT2D eigenvalue weighted by Gasteiger charge is 2.45. The maximum absolute atomic E-state index is 10.0. The van der Waals surface area contributed by atoms with Gasteiger partial charge in [0.2, 0.25) is 6.29 Å². The number of fused-ring (bicyclic) bond motifs is 1. The van der Waals surface area contributed by atoms with Crippen LogP contribution >= 0.6 is 27.5 Å². The Bertz CT molecular complexity index is 962. The van der Waals surface area contributed by atoms with E-state index >= 15 is 0 Å². The van der Waals surface area contributed by atoms with Gasteiger partial charge >= 0.3 is 0 Å². The topological polar surface area (TPSA) is 233 Å². The van der Waals surface area contributed by atoms with Gasteiger partial charge in [-0.1, -0.05) is 11.6 Å². The van der Waals surface area contributed by atoms with E-state index in [9.17, 15) is 25.2 Å². The first-order chi connectivity index (χ1) is 16.5. The zero-order valence-electron chi connectivity index (χ0n) is 17.9. The molecule has 0 spiro atoms. The summed E-state index contributed by atoms with van der Waals surface area (Å²) in [7, 11) is 0. The number of carbonyl (C=O) groups excluding carboxylic acids is 1. The highest BCUT2D eigenvalue weighted by Crippen LogP contribution is 2.38. The van der Waals surface area contributed by atoms with Crippen molar-refractivity contribution in [2.24, 2.45) is 0 Å². The van der Waals surface area contributed by atoms with E-state index in [1.54, 1.807) is 18.3 Å². The van der Waals surface area contributed by atoms with Crippen molar-refractivity contribution in [2.45, 2.75) is 55.1 Å². The molecule has 1 aromatic carbocycles. The van der Waals surface area contributed by atoms with Crippen molar-refractivity contribution < 1.29 is 60.2 Å². The minimum absolute atomic E-state index is 0.0258. The number of aromatic nitrogens is 1. The van der Waals surface area contributed by atoms with Crippen molar-refractivity contribution in [1.82, 2.24) is 4.98 Å². The molecule has 13 nitrogen and oxygen atoms in total. The second kappa shape index (κ2) is 13.2. The van der Waals surface area contributed by atoms with Crippen LogP contribution in [0.4, 0.5) is 0 Å². The number of carbonyl (C=O) groups is 1. The van der Waals surface area contributed by atoms with Gasteiger partial charge in [-0.15, -0.1) is 0 Å². The van der Waals surface area contributed by atoms with Crippen molar-refractivity contribution in [3.63, 3.8) is 0 Å². The van der Waals surface area contributed by atoms with Crippen LogP contribution in [0, 0.1) is 0 Å². The Kier molecular flexibility index (Phi) is 11.3. The van der Waals surface area contributed by atoms with E-state index in [-0.39, 0.29) is 6.29 Å². The number of nitrogens with one attached hydrogen (secondary N) is 1. The molecule has 1 aromatic heterocycles. The van der Waals surface area contributed by atoms with Gasteiger partial charge in [0, 0.05) is 10.7 Å². The molecule has 15 heteroatoms. The van der Waals surface area contributed by atoms with E-state index in [1.165, 1.54) is 0 Å². The third kappa shape index (κ3) is 6.88. The summed E-state index contributed by atoms with van der Waals surface area (Å²) in [5.41, 5.74) is 0.720. The Balaban J connectivity index is 0.000000307. The van der Waals surface area contributed by atoms with Crippen LogP contribution in [-0.2, 0) is 9.53 Å². The second-order valence-corrected chi connectivity index (χ2v) is 8.84. The predicted molar refractivity (Wildman–Crippen MR) is 123 cm³/mol. The molecule has 0 radical (unpaired) electrons. The molecule has 10 N–H and O–H groups in total. The van der Waals surface area contributed by atoms with Crippen LogP contribution in [0.15, 0.2) is 22.8 Å². The number of hydrogen-bond acceptors (Lipinski definition) is 12. The smallest absolute Gasteiger partial charge is 0.229 e. The van der Waals surface area contributed by atoms with Gasteiger partial charge in [0.15, 0.2) is 6.29 Å². The molecule has 0 unspecified atom stereocenters. The zero-order chi connectivity index (χ0) is 26.4. The maximum atomic E-state index is 10.0. The number of halogens is 2. The molecule has 35 heavy (non-hydrogen) atoms. The molecule has 0 bridgehead atoms. The summed E-state index contributed by atoms with van der Waals surface area (Å²) in [6.07, 6.45) is -12.0. The van der Waals surface area contributed by atoms with E-state index in [1.807, 2.05) is 0 Å². The van der Waals surface area contributed by atoms with E-state index < -0.39 is 68.3 Å². The summed E-state index contributed by atoms with van der Waals surface area (Å²) in [5.74, 6) is 0.315. The number of benzene rings is 1. The summed E-state index contributed by atoms with van der Waals surface area (Å²) in [5, 5.41) is 83.3. The minimum atomic E-state index is -1.79. The van der Waals surface area contributed by atoms with Gasteiger partial charge in [-0.25, -0.2) is 0 Å². The number of H-pyrrole nitrogens is 1. The van der Waals surface area contributed by atoms with Crippen LogP contribution < -0.4 is 4.74 Å². The average molecular weight is 589 g/mol. The van der Waals surface area contributed by atoms with Gasteiger partial charge in [-0.05, 0) is 28.1 Å². The summed E-state index contributed by atoms with van der Waals surface area (Å²) >= 11 is 9.58. The molecule has 3 rings (SSSR count). The van der Waals surface area contributed by atoms with Crippen LogP contribution in [0.2, 0.25) is 5.02 Å². The van der Waals surface area contributed by atoms with Gasteiger partial charge in [0.05, 0.1) is 29.1 Å². The van der Waals surface area contributed by atoms with Crippen molar-refractivity contribution in [1.29, 1.82) is 0 Å². The zero-order valence-corrected chi connectivity index (χ0v) is 20.3.